The summed E-state index contributed by atoms with van der Waals surface area (Å²) >= 11 is 0. The predicted octanol–water partition coefficient (Wildman–Crippen LogP) is 2.08. The molecule has 4 heteroatoms. The van der Waals surface area contributed by atoms with E-state index in [1.165, 1.54) is 24.0 Å². The van der Waals surface area contributed by atoms with Crippen molar-refractivity contribution in [2.24, 2.45) is 0 Å². The fourth-order valence-electron chi connectivity index (χ4n) is 1.93. The molecule has 1 fully saturated rings. The van der Waals surface area contributed by atoms with E-state index in [2.05, 4.69) is 0 Å². The van der Waals surface area contributed by atoms with Crippen molar-refractivity contribution in [2.45, 2.75) is 19.9 Å². The number of carbonyl (C=O) groups is 2. The fourth-order valence-corrected chi connectivity index (χ4v) is 1.93. The highest BCUT2D eigenvalue weighted by molar-refractivity contribution is 6.17. The van der Waals surface area contributed by atoms with Crippen LogP contribution >= 0.6 is 0 Å². The molecular formula is C13H12FNO2. The van der Waals surface area contributed by atoms with E-state index in [0.29, 0.717) is 5.57 Å². The number of nitrogens with zero attached hydrogens (tertiary/aromatic N) is 1. The quantitative estimate of drug-likeness (QED) is 0.579. The molecule has 88 valence electrons. The minimum Gasteiger partial charge on any atom is -0.298 e. The number of allylic oxidation sites excluding steroid dienone is 1. The summed E-state index contributed by atoms with van der Waals surface area (Å²) in [4.78, 5) is 24.1. The van der Waals surface area contributed by atoms with Gasteiger partial charge in [-0.3, -0.25) is 14.5 Å². The first kappa shape index (κ1) is 11.5. The maximum absolute atomic E-state index is 13.5. The molecule has 1 saturated heterocycles. The Morgan fingerprint density at radius 2 is 2.06 bits per heavy atom. The summed E-state index contributed by atoms with van der Waals surface area (Å²) in [6.45, 7) is 3.15. The Balaban J connectivity index is 2.31. The van der Waals surface area contributed by atoms with Gasteiger partial charge in [-0.05, 0) is 32.1 Å². The SMILES string of the molecule is CC(=O)C=C1C(=O)N(c2ccccc2F)C1C. The molecule has 1 amide bonds. The average molecular weight is 233 g/mol. The third-order valence-corrected chi connectivity index (χ3v) is 2.77. The predicted molar refractivity (Wildman–Crippen MR) is 62.1 cm³/mol. The second kappa shape index (κ2) is 4.13. The van der Waals surface area contributed by atoms with Gasteiger partial charge in [-0.15, -0.1) is 0 Å². The fraction of sp³-hybridized carbons (Fsp3) is 0.231. The highest BCUT2D eigenvalue weighted by Crippen LogP contribution is 2.33. The number of benzene rings is 1. The number of ketones is 1. The van der Waals surface area contributed by atoms with Crippen LogP contribution < -0.4 is 4.90 Å². The van der Waals surface area contributed by atoms with Crippen LogP contribution in [0.4, 0.5) is 10.1 Å². The topological polar surface area (TPSA) is 37.4 Å². The van der Waals surface area contributed by atoms with Crippen LogP contribution in [0.3, 0.4) is 0 Å². The molecule has 0 aromatic heterocycles. The van der Waals surface area contributed by atoms with Crippen molar-refractivity contribution >= 4 is 17.4 Å². The van der Waals surface area contributed by atoms with Crippen molar-refractivity contribution in [2.75, 3.05) is 4.90 Å². The zero-order valence-corrected chi connectivity index (χ0v) is 9.61. The normalized spacial score (nSPS) is 21.6. The Morgan fingerprint density at radius 1 is 1.41 bits per heavy atom. The van der Waals surface area contributed by atoms with E-state index in [-0.39, 0.29) is 23.4 Å². The first-order valence-electron chi connectivity index (χ1n) is 5.32. The second-order valence-electron chi connectivity index (χ2n) is 4.01. The molecule has 1 aromatic rings. The van der Waals surface area contributed by atoms with Gasteiger partial charge in [0, 0.05) is 5.57 Å². The molecule has 0 aliphatic carbocycles. The van der Waals surface area contributed by atoms with E-state index in [4.69, 9.17) is 0 Å². The molecule has 0 saturated carbocycles. The van der Waals surface area contributed by atoms with Crippen molar-refractivity contribution in [3.05, 3.63) is 41.7 Å². The molecule has 0 N–H and O–H groups in total. The van der Waals surface area contributed by atoms with Crippen LogP contribution in [-0.2, 0) is 9.59 Å². The Labute approximate surface area is 98.5 Å². The number of anilines is 1. The summed E-state index contributed by atoms with van der Waals surface area (Å²) in [5.41, 5.74) is 0.687. The molecule has 1 aliphatic rings. The lowest BCUT2D eigenvalue weighted by Gasteiger charge is -2.40. The van der Waals surface area contributed by atoms with Gasteiger partial charge in [0.05, 0.1) is 11.7 Å². The number of rotatable bonds is 2. The van der Waals surface area contributed by atoms with Gasteiger partial charge in [-0.1, -0.05) is 12.1 Å². The van der Waals surface area contributed by atoms with Gasteiger partial charge in [0.15, 0.2) is 5.78 Å². The Morgan fingerprint density at radius 3 is 2.59 bits per heavy atom. The van der Waals surface area contributed by atoms with Gasteiger partial charge in [-0.25, -0.2) is 4.39 Å². The van der Waals surface area contributed by atoms with Crippen LogP contribution in [0.25, 0.3) is 0 Å². The van der Waals surface area contributed by atoms with Gasteiger partial charge < -0.3 is 0 Å². The van der Waals surface area contributed by atoms with Crippen LogP contribution in [0.5, 0.6) is 0 Å². The van der Waals surface area contributed by atoms with E-state index >= 15 is 0 Å². The van der Waals surface area contributed by atoms with Crippen molar-refractivity contribution in [3.63, 3.8) is 0 Å². The van der Waals surface area contributed by atoms with Crippen LogP contribution in [0.15, 0.2) is 35.9 Å². The molecule has 1 unspecified atom stereocenters. The number of hydrogen-bond donors (Lipinski definition) is 0. The third-order valence-electron chi connectivity index (χ3n) is 2.77. The molecule has 1 aromatic carbocycles. The first-order valence-corrected chi connectivity index (χ1v) is 5.32. The molecule has 1 heterocycles. The van der Waals surface area contributed by atoms with Gasteiger partial charge in [0.2, 0.25) is 0 Å². The van der Waals surface area contributed by atoms with E-state index < -0.39 is 5.82 Å². The summed E-state index contributed by atoms with van der Waals surface area (Å²) in [7, 11) is 0. The minimum atomic E-state index is -0.436. The molecule has 0 radical (unpaired) electrons. The first-order chi connectivity index (χ1) is 8.02. The molecule has 0 bridgehead atoms. The van der Waals surface area contributed by atoms with E-state index in [1.54, 1.807) is 25.1 Å². The molecule has 2 rings (SSSR count). The summed E-state index contributed by atoms with van der Waals surface area (Å²) in [6.07, 6.45) is 1.31. The van der Waals surface area contributed by atoms with Crippen LogP contribution in [0.2, 0.25) is 0 Å². The van der Waals surface area contributed by atoms with Crippen LogP contribution in [0.1, 0.15) is 13.8 Å². The zero-order valence-electron chi connectivity index (χ0n) is 9.61. The Bertz CT molecular complexity index is 522. The number of β-lactam (4-membered cyclic amide) rings is 1. The summed E-state index contributed by atoms with van der Waals surface area (Å²) in [6, 6.07) is 5.84. The van der Waals surface area contributed by atoms with E-state index in [0.717, 1.165) is 0 Å². The van der Waals surface area contributed by atoms with E-state index in [1.807, 2.05) is 0 Å². The molecule has 1 atom stereocenters. The van der Waals surface area contributed by atoms with E-state index in [9.17, 15) is 14.0 Å². The lowest BCUT2D eigenvalue weighted by atomic mass is 9.93. The highest BCUT2D eigenvalue weighted by atomic mass is 19.1. The Kier molecular flexibility index (Phi) is 2.79. The van der Waals surface area contributed by atoms with Crippen molar-refractivity contribution in [3.8, 4) is 0 Å². The standard InChI is InChI=1S/C13H12FNO2/c1-8(16)7-10-9(2)15(13(10)17)12-6-4-3-5-11(12)14/h3-7,9H,1-2H3. The highest BCUT2D eigenvalue weighted by Gasteiger charge is 2.40. The van der Waals surface area contributed by atoms with Gasteiger partial charge in [0.1, 0.15) is 5.82 Å². The molecular weight excluding hydrogens is 221 g/mol. The van der Waals surface area contributed by atoms with Gasteiger partial charge >= 0.3 is 0 Å². The van der Waals surface area contributed by atoms with Crippen molar-refractivity contribution in [1.29, 1.82) is 0 Å². The zero-order chi connectivity index (χ0) is 12.6. The number of amides is 1. The maximum atomic E-state index is 13.5. The average Bonchev–Trinajstić information content (AvgIpc) is 2.29. The molecule has 3 nitrogen and oxygen atoms in total. The lowest BCUT2D eigenvalue weighted by molar-refractivity contribution is -0.119. The van der Waals surface area contributed by atoms with Gasteiger partial charge in [-0.2, -0.15) is 0 Å². The maximum Gasteiger partial charge on any atom is 0.257 e. The Hall–Kier alpha value is -1.97. The summed E-state index contributed by atoms with van der Waals surface area (Å²) in [5.74, 6) is -0.916. The van der Waals surface area contributed by atoms with Crippen LogP contribution in [0, 0.1) is 5.82 Å². The minimum absolute atomic E-state index is 0.173. The number of carbonyl (C=O) groups excluding carboxylic acids is 2. The summed E-state index contributed by atoms with van der Waals surface area (Å²) in [5, 5.41) is 0. The van der Waals surface area contributed by atoms with Gasteiger partial charge in [0.25, 0.3) is 5.91 Å². The number of para-hydroxylation sites is 1. The second-order valence-corrected chi connectivity index (χ2v) is 4.01. The molecule has 0 spiro atoms. The van der Waals surface area contributed by atoms with Crippen molar-refractivity contribution in [1.82, 2.24) is 0 Å². The smallest absolute Gasteiger partial charge is 0.257 e. The molecule has 17 heavy (non-hydrogen) atoms. The van der Waals surface area contributed by atoms with Crippen LogP contribution in [-0.4, -0.2) is 17.7 Å². The van der Waals surface area contributed by atoms with Crippen molar-refractivity contribution < 1.29 is 14.0 Å². The third kappa shape index (κ3) is 1.86. The largest absolute Gasteiger partial charge is 0.298 e. The lowest BCUT2D eigenvalue weighted by Crippen LogP contribution is -2.54. The number of hydrogen-bond acceptors (Lipinski definition) is 2. The molecule has 1 aliphatic heterocycles. The number of halogens is 1. The summed E-state index contributed by atoms with van der Waals surface area (Å²) < 4.78 is 13.5. The monoisotopic (exact) mass is 233 g/mol.